The maximum absolute atomic E-state index is 12.8. The molecular formula is C20H24N2O3S. The highest BCUT2D eigenvalue weighted by Crippen LogP contribution is 2.25. The van der Waals surface area contributed by atoms with Crippen molar-refractivity contribution in [1.29, 1.82) is 0 Å². The number of nitrogens with zero attached hydrogens (tertiary/aromatic N) is 1. The number of sulfone groups is 1. The summed E-state index contributed by atoms with van der Waals surface area (Å²) < 4.78 is 25.4. The molecule has 2 N–H and O–H groups in total. The van der Waals surface area contributed by atoms with Gasteiger partial charge in [0, 0.05) is 18.2 Å². The van der Waals surface area contributed by atoms with Crippen molar-refractivity contribution in [3.05, 3.63) is 65.7 Å². The van der Waals surface area contributed by atoms with Gasteiger partial charge in [0.05, 0.1) is 10.6 Å². The van der Waals surface area contributed by atoms with E-state index in [2.05, 4.69) is 0 Å². The summed E-state index contributed by atoms with van der Waals surface area (Å²) in [6.45, 7) is 3.18. The van der Waals surface area contributed by atoms with Crippen molar-refractivity contribution in [2.45, 2.75) is 30.0 Å². The molecule has 0 radical (unpaired) electrons. The van der Waals surface area contributed by atoms with Crippen LogP contribution in [0.15, 0.2) is 59.5 Å². The van der Waals surface area contributed by atoms with Crippen LogP contribution in [-0.4, -0.2) is 38.4 Å². The fourth-order valence-corrected chi connectivity index (χ4v) is 4.85. The summed E-state index contributed by atoms with van der Waals surface area (Å²) in [5.41, 5.74) is 6.87. The Bertz CT molecular complexity index is 881. The second-order valence-electron chi connectivity index (χ2n) is 6.92. The minimum Gasteiger partial charge on any atom is -0.336 e. The minimum absolute atomic E-state index is 0.0825. The van der Waals surface area contributed by atoms with Crippen LogP contribution in [0.5, 0.6) is 0 Å². The Morgan fingerprint density at radius 2 is 1.88 bits per heavy atom. The molecular weight excluding hydrogens is 348 g/mol. The number of nitrogens with two attached hydrogens (primary N) is 1. The van der Waals surface area contributed by atoms with E-state index in [0.717, 1.165) is 12.0 Å². The van der Waals surface area contributed by atoms with Gasteiger partial charge in [-0.15, -0.1) is 0 Å². The second-order valence-corrected chi connectivity index (χ2v) is 8.91. The third-order valence-corrected chi connectivity index (χ3v) is 6.58. The summed E-state index contributed by atoms with van der Waals surface area (Å²) in [4.78, 5) is 14.8. The number of hydrogen-bond acceptors (Lipinski definition) is 4. The highest BCUT2D eigenvalue weighted by Gasteiger charge is 2.32. The Balaban J connectivity index is 1.83. The average molecular weight is 372 g/mol. The normalized spacial score (nSPS) is 20.3. The van der Waals surface area contributed by atoms with E-state index in [0.29, 0.717) is 24.6 Å². The maximum atomic E-state index is 12.8. The van der Waals surface area contributed by atoms with Crippen LogP contribution in [-0.2, 0) is 15.6 Å². The van der Waals surface area contributed by atoms with Crippen LogP contribution in [0.2, 0.25) is 0 Å². The quantitative estimate of drug-likeness (QED) is 0.874. The van der Waals surface area contributed by atoms with Gasteiger partial charge in [0.1, 0.15) is 0 Å². The molecule has 0 spiro atoms. The van der Waals surface area contributed by atoms with E-state index in [4.69, 9.17) is 5.73 Å². The molecule has 0 aliphatic carbocycles. The Kier molecular flexibility index (Phi) is 5.44. The van der Waals surface area contributed by atoms with Gasteiger partial charge in [-0.25, -0.2) is 8.42 Å². The molecule has 1 aliphatic rings. The first-order chi connectivity index (χ1) is 12.4. The zero-order chi connectivity index (χ0) is 18.7. The van der Waals surface area contributed by atoms with Crippen LogP contribution in [0.1, 0.15) is 29.3 Å². The first-order valence-corrected chi connectivity index (χ1v) is 10.4. The van der Waals surface area contributed by atoms with Crippen molar-refractivity contribution in [2.75, 3.05) is 13.1 Å². The van der Waals surface area contributed by atoms with Crippen molar-refractivity contribution in [3.63, 3.8) is 0 Å². The highest BCUT2D eigenvalue weighted by molar-refractivity contribution is 7.90. The molecule has 26 heavy (non-hydrogen) atoms. The van der Waals surface area contributed by atoms with Gasteiger partial charge in [0.25, 0.3) is 5.91 Å². The van der Waals surface area contributed by atoms with Crippen LogP contribution in [0.4, 0.5) is 0 Å². The number of likely N-dealkylation sites (tertiary alicyclic amines) is 1. The van der Waals surface area contributed by atoms with Crippen molar-refractivity contribution >= 4 is 15.7 Å². The van der Waals surface area contributed by atoms with E-state index < -0.39 is 9.84 Å². The SMILES string of the molecule is CC1CC(CN)CN1C(=O)c1cccc(S(=O)(=O)Cc2ccccc2)c1. The van der Waals surface area contributed by atoms with Crippen LogP contribution in [0.25, 0.3) is 0 Å². The van der Waals surface area contributed by atoms with E-state index in [1.807, 2.05) is 25.1 Å². The Morgan fingerprint density at radius 1 is 1.15 bits per heavy atom. The highest BCUT2D eigenvalue weighted by atomic mass is 32.2. The lowest BCUT2D eigenvalue weighted by Gasteiger charge is -2.21. The third kappa shape index (κ3) is 3.97. The second kappa shape index (κ2) is 7.60. The van der Waals surface area contributed by atoms with Gasteiger partial charge < -0.3 is 10.6 Å². The van der Waals surface area contributed by atoms with Crippen molar-refractivity contribution < 1.29 is 13.2 Å². The summed E-state index contributed by atoms with van der Waals surface area (Å²) in [5, 5.41) is 0. The van der Waals surface area contributed by atoms with E-state index in [1.165, 1.54) is 6.07 Å². The lowest BCUT2D eigenvalue weighted by Crippen LogP contribution is -2.34. The number of amides is 1. The number of rotatable bonds is 5. The number of hydrogen-bond donors (Lipinski definition) is 1. The third-order valence-electron chi connectivity index (χ3n) is 4.90. The molecule has 5 nitrogen and oxygen atoms in total. The largest absolute Gasteiger partial charge is 0.336 e. The van der Waals surface area contributed by atoms with Crippen LogP contribution < -0.4 is 5.73 Å². The Hall–Kier alpha value is -2.18. The molecule has 1 aliphatic heterocycles. The molecule has 0 aromatic heterocycles. The summed E-state index contributed by atoms with van der Waals surface area (Å²) in [6, 6.07) is 15.5. The van der Waals surface area contributed by atoms with Crippen LogP contribution in [0, 0.1) is 5.92 Å². The fourth-order valence-electron chi connectivity index (χ4n) is 3.46. The number of carbonyl (C=O) groups is 1. The Morgan fingerprint density at radius 3 is 2.54 bits per heavy atom. The van der Waals surface area contributed by atoms with Gasteiger partial charge in [-0.2, -0.15) is 0 Å². The van der Waals surface area contributed by atoms with Crippen LogP contribution in [0.3, 0.4) is 0 Å². The zero-order valence-corrected chi connectivity index (χ0v) is 15.7. The van der Waals surface area contributed by atoms with E-state index in [9.17, 15) is 13.2 Å². The maximum Gasteiger partial charge on any atom is 0.254 e. The predicted molar refractivity (Wildman–Crippen MR) is 101 cm³/mol. The van der Waals surface area contributed by atoms with Gasteiger partial charge in [-0.1, -0.05) is 36.4 Å². The minimum atomic E-state index is -3.51. The summed E-state index contributed by atoms with van der Waals surface area (Å²) >= 11 is 0. The van der Waals surface area contributed by atoms with Crippen LogP contribution >= 0.6 is 0 Å². The molecule has 1 heterocycles. The standard InChI is InChI=1S/C20H24N2O3S/c1-15-10-17(12-21)13-22(15)20(23)18-8-5-9-19(11-18)26(24,25)14-16-6-3-2-4-7-16/h2-9,11,15,17H,10,12-14,21H2,1H3. The first kappa shape index (κ1) is 18.6. The van der Waals surface area contributed by atoms with Gasteiger partial charge >= 0.3 is 0 Å². The first-order valence-electron chi connectivity index (χ1n) is 8.78. The monoisotopic (exact) mass is 372 g/mol. The molecule has 2 atom stereocenters. The molecule has 1 amide bonds. The van der Waals surface area contributed by atoms with E-state index in [1.54, 1.807) is 35.2 Å². The summed E-state index contributed by atoms with van der Waals surface area (Å²) in [5.74, 6) is 0.0880. The number of carbonyl (C=O) groups excluding carboxylic acids is 1. The summed E-state index contributed by atoms with van der Waals surface area (Å²) in [7, 11) is -3.51. The molecule has 3 rings (SSSR count). The molecule has 6 heteroatoms. The average Bonchev–Trinajstić information content (AvgIpc) is 3.02. The lowest BCUT2D eigenvalue weighted by atomic mass is 10.1. The van der Waals surface area contributed by atoms with Crippen molar-refractivity contribution in [1.82, 2.24) is 4.90 Å². The molecule has 0 bridgehead atoms. The molecule has 0 saturated carbocycles. The van der Waals surface area contributed by atoms with E-state index in [-0.39, 0.29) is 22.6 Å². The lowest BCUT2D eigenvalue weighted by molar-refractivity contribution is 0.0743. The van der Waals surface area contributed by atoms with Crippen molar-refractivity contribution in [3.8, 4) is 0 Å². The number of benzene rings is 2. The topological polar surface area (TPSA) is 80.5 Å². The van der Waals surface area contributed by atoms with E-state index >= 15 is 0 Å². The van der Waals surface area contributed by atoms with Gasteiger partial charge in [-0.3, -0.25) is 4.79 Å². The molecule has 1 saturated heterocycles. The van der Waals surface area contributed by atoms with Gasteiger partial charge in [0.2, 0.25) is 0 Å². The predicted octanol–water partition coefficient (Wildman–Crippen LogP) is 2.47. The molecule has 1 fully saturated rings. The Labute approximate surface area is 154 Å². The molecule has 138 valence electrons. The van der Waals surface area contributed by atoms with Gasteiger partial charge in [0.15, 0.2) is 9.84 Å². The molecule has 2 aromatic carbocycles. The van der Waals surface area contributed by atoms with Gasteiger partial charge in [-0.05, 0) is 49.6 Å². The molecule has 2 unspecified atom stereocenters. The fraction of sp³-hybridized carbons (Fsp3) is 0.350. The smallest absolute Gasteiger partial charge is 0.254 e. The molecule has 2 aromatic rings. The van der Waals surface area contributed by atoms with Crippen molar-refractivity contribution in [2.24, 2.45) is 11.7 Å². The zero-order valence-electron chi connectivity index (χ0n) is 14.8. The summed E-state index contributed by atoms with van der Waals surface area (Å²) in [6.07, 6.45) is 0.883.